The summed E-state index contributed by atoms with van der Waals surface area (Å²) in [6.45, 7) is 2.41. The highest BCUT2D eigenvalue weighted by molar-refractivity contribution is 5.46. The molecular formula is C14H22N2O. The van der Waals surface area contributed by atoms with Crippen molar-refractivity contribution in [2.45, 2.75) is 38.3 Å². The Morgan fingerprint density at radius 2 is 2.18 bits per heavy atom. The number of aliphatic hydroxyl groups excluding tert-OH is 1. The van der Waals surface area contributed by atoms with Gasteiger partial charge >= 0.3 is 0 Å². The number of anilines is 1. The van der Waals surface area contributed by atoms with Gasteiger partial charge in [0.15, 0.2) is 0 Å². The van der Waals surface area contributed by atoms with Crippen molar-refractivity contribution in [2.75, 3.05) is 18.9 Å². The second-order valence-electron chi connectivity index (χ2n) is 4.83. The molecule has 0 spiro atoms. The Morgan fingerprint density at radius 1 is 1.35 bits per heavy atom. The van der Waals surface area contributed by atoms with Gasteiger partial charge in [-0.2, -0.15) is 0 Å². The first-order chi connectivity index (χ1) is 8.31. The molecule has 94 valence electrons. The molecule has 0 saturated carbocycles. The molecule has 3 N–H and O–H groups in total. The lowest BCUT2D eigenvalue weighted by Crippen LogP contribution is -2.29. The van der Waals surface area contributed by atoms with Crippen molar-refractivity contribution >= 4 is 5.69 Å². The molecule has 1 fully saturated rings. The average Bonchev–Trinajstić information content (AvgIpc) is 2.77. The zero-order valence-corrected chi connectivity index (χ0v) is 10.3. The van der Waals surface area contributed by atoms with Crippen LogP contribution in [0.2, 0.25) is 0 Å². The summed E-state index contributed by atoms with van der Waals surface area (Å²) in [6.07, 6.45) is 4.53. The van der Waals surface area contributed by atoms with Crippen LogP contribution in [0.1, 0.15) is 31.2 Å². The lowest BCUT2D eigenvalue weighted by Gasteiger charge is -2.24. The molecule has 1 aromatic carbocycles. The first-order valence-electron chi connectivity index (χ1n) is 6.49. The van der Waals surface area contributed by atoms with Crippen molar-refractivity contribution < 1.29 is 5.11 Å². The number of para-hydroxylation sites is 1. The summed E-state index contributed by atoms with van der Waals surface area (Å²) in [5.41, 5.74) is 8.09. The number of benzene rings is 1. The minimum absolute atomic E-state index is 0.303. The standard InChI is InChI=1S/C14H22N2O/c15-14-8-2-1-5-12(14)11-16-9-3-6-13(16)7-4-10-17/h1-2,5,8,13,17H,3-4,6-7,9-11,15H2. The van der Waals surface area contributed by atoms with E-state index in [1.165, 1.54) is 18.4 Å². The Morgan fingerprint density at radius 3 is 2.94 bits per heavy atom. The number of hydrogen-bond acceptors (Lipinski definition) is 3. The summed E-state index contributed by atoms with van der Waals surface area (Å²) in [7, 11) is 0. The monoisotopic (exact) mass is 234 g/mol. The number of nitrogen functional groups attached to an aromatic ring is 1. The molecule has 1 unspecified atom stereocenters. The van der Waals surface area contributed by atoms with Gasteiger partial charge in [-0.15, -0.1) is 0 Å². The molecule has 0 aromatic heterocycles. The van der Waals surface area contributed by atoms with Crippen LogP contribution in [0, 0.1) is 0 Å². The van der Waals surface area contributed by atoms with Gasteiger partial charge < -0.3 is 10.8 Å². The summed E-state index contributed by atoms with van der Waals surface area (Å²) in [4.78, 5) is 2.50. The molecule has 1 saturated heterocycles. The van der Waals surface area contributed by atoms with Gasteiger partial charge in [0, 0.05) is 24.9 Å². The highest BCUT2D eigenvalue weighted by Crippen LogP contribution is 2.24. The van der Waals surface area contributed by atoms with Gasteiger partial charge in [-0.3, -0.25) is 4.90 Å². The predicted octanol–water partition coefficient (Wildman–Crippen LogP) is 2.01. The number of rotatable bonds is 5. The third-order valence-electron chi connectivity index (χ3n) is 3.62. The SMILES string of the molecule is Nc1ccccc1CN1CCCC1CCCO. The van der Waals surface area contributed by atoms with Crippen molar-refractivity contribution in [2.24, 2.45) is 0 Å². The average molecular weight is 234 g/mol. The van der Waals surface area contributed by atoms with Crippen LogP contribution in [-0.4, -0.2) is 29.2 Å². The molecule has 1 heterocycles. The molecule has 0 bridgehead atoms. The van der Waals surface area contributed by atoms with Crippen molar-refractivity contribution in [3.05, 3.63) is 29.8 Å². The summed E-state index contributed by atoms with van der Waals surface area (Å²) in [5.74, 6) is 0. The molecule has 17 heavy (non-hydrogen) atoms. The molecule has 0 radical (unpaired) electrons. The van der Waals surface area contributed by atoms with E-state index in [0.29, 0.717) is 12.6 Å². The van der Waals surface area contributed by atoms with Gasteiger partial charge in [0.2, 0.25) is 0 Å². The molecule has 1 atom stereocenters. The fraction of sp³-hybridized carbons (Fsp3) is 0.571. The van der Waals surface area contributed by atoms with Crippen LogP contribution >= 0.6 is 0 Å². The highest BCUT2D eigenvalue weighted by Gasteiger charge is 2.24. The van der Waals surface area contributed by atoms with E-state index >= 15 is 0 Å². The lowest BCUT2D eigenvalue weighted by molar-refractivity contribution is 0.210. The van der Waals surface area contributed by atoms with Crippen LogP contribution in [0.15, 0.2) is 24.3 Å². The van der Waals surface area contributed by atoms with Crippen LogP contribution in [0.5, 0.6) is 0 Å². The van der Waals surface area contributed by atoms with E-state index < -0.39 is 0 Å². The smallest absolute Gasteiger partial charge is 0.0431 e. The van der Waals surface area contributed by atoms with Crippen LogP contribution in [-0.2, 0) is 6.54 Å². The van der Waals surface area contributed by atoms with Crippen molar-refractivity contribution in [3.8, 4) is 0 Å². The second kappa shape index (κ2) is 6.03. The van der Waals surface area contributed by atoms with Gasteiger partial charge in [-0.1, -0.05) is 18.2 Å². The number of nitrogens with two attached hydrogens (primary N) is 1. The van der Waals surface area contributed by atoms with Crippen LogP contribution in [0.3, 0.4) is 0 Å². The normalized spacial score (nSPS) is 20.9. The van der Waals surface area contributed by atoms with Crippen molar-refractivity contribution in [1.29, 1.82) is 0 Å². The maximum absolute atomic E-state index is 8.91. The minimum Gasteiger partial charge on any atom is -0.398 e. The molecule has 1 aromatic rings. The third kappa shape index (κ3) is 3.20. The predicted molar refractivity (Wildman–Crippen MR) is 70.6 cm³/mol. The maximum Gasteiger partial charge on any atom is 0.0431 e. The number of aliphatic hydroxyl groups is 1. The summed E-state index contributed by atoms with van der Waals surface area (Å²) in [5, 5.41) is 8.91. The molecule has 3 heteroatoms. The Bertz CT molecular complexity index is 354. The van der Waals surface area contributed by atoms with E-state index in [1.807, 2.05) is 18.2 Å². The zero-order chi connectivity index (χ0) is 12.1. The Labute approximate surface area is 103 Å². The first-order valence-corrected chi connectivity index (χ1v) is 6.49. The van der Waals surface area contributed by atoms with Gasteiger partial charge in [0.1, 0.15) is 0 Å². The second-order valence-corrected chi connectivity index (χ2v) is 4.83. The van der Waals surface area contributed by atoms with Crippen LogP contribution < -0.4 is 5.73 Å². The summed E-state index contributed by atoms with van der Waals surface area (Å²) >= 11 is 0. The molecule has 0 amide bonds. The van der Waals surface area contributed by atoms with E-state index in [-0.39, 0.29) is 0 Å². The third-order valence-corrected chi connectivity index (χ3v) is 3.62. The van der Waals surface area contributed by atoms with E-state index in [0.717, 1.165) is 31.6 Å². The fourth-order valence-corrected chi connectivity index (χ4v) is 2.65. The van der Waals surface area contributed by atoms with Crippen LogP contribution in [0.4, 0.5) is 5.69 Å². The Hall–Kier alpha value is -1.06. The largest absolute Gasteiger partial charge is 0.398 e. The van der Waals surface area contributed by atoms with Crippen molar-refractivity contribution in [1.82, 2.24) is 4.90 Å². The topological polar surface area (TPSA) is 49.5 Å². The minimum atomic E-state index is 0.303. The van der Waals surface area contributed by atoms with E-state index in [4.69, 9.17) is 10.8 Å². The van der Waals surface area contributed by atoms with Gasteiger partial charge in [-0.25, -0.2) is 0 Å². The lowest BCUT2D eigenvalue weighted by atomic mass is 10.1. The number of nitrogens with zero attached hydrogens (tertiary/aromatic N) is 1. The molecule has 3 nitrogen and oxygen atoms in total. The molecule has 2 rings (SSSR count). The zero-order valence-electron chi connectivity index (χ0n) is 10.3. The number of hydrogen-bond donors (Lipinski definition) is 2. The highest BCUT2D eigenvalue weighted by atomic mass is 16.2. The van der Waals surface area contributed by atoms with Gasteiger partial charge in [-0.05, 0) is 43.9 Å². The quantitative estimate of drug-likeness (QED) is 0.766. The van der Waals surface area contributed by atoms with Crippen LogP contribution in [0.25, 0.3) is 0 Å². The molecule has 1 aliphatic rings. The number of likely N-dealkylation sites (tertiary alicyclic amines) is 1. The van der Waals surface area contributed by atoms with E-state index in [9.17, 15) is 0 Å². The van der Waals surface area contributed by atoms with Gasteiger partial charge in [0.05, 0.1) is 0 Å². The molecular weight excluding hydrogens is 212 g/mol. The summed E-state index contributed by atoms with van der Waals surface area (Å²) < 4.78 is 0. The fourth-order valence-electron chi connectivity index (χ4n) is 2.65. The first kappa shape index (κ1) is 12.4. The Balaban J connectivity index is 1.95. The Kier molecular flexibility index (Phi) is 4.40. The molecule has 0 aliphatic carbocycles. The molecule has 1 aliphatic heterocycles. The van der Waals surface area contributed by atoms with Gasteiger partial charge in [0.25, 0.3) is 0 Å². The maximum atomic E-state index is 8.91. The van der Waals surface area contributed by atoms with E-state index in [2.05, 4.69) is 11.0 Å². The van der Waals surface area contributed by atoms with E-state index in [1.54, 1.807) is 0 Å². The van der Waals surface area contributed by atoms with Crippen molar-refractivity contribution in [3.63, 3.8) is 0 Å². The summed E-state index contributed by atoms with van der Waals surface area (Å²) in [6, 6.07) is 8.73.